The highest BCUT2D eigenvalue weighted by Crippen LogP contribution is 2.35. The first-order valence-electron chi connectivity index (χ1n) is 14.5. The van der Waals surface area contributed by atoms with E-state index < -0.39 is 46.5 Å². The Morgan fingerprint density at radius 2 is 1.85 bits per heavy atom. The fourth-order valence-corrected chi connectivity index (χ4v) is 6.13. The van der Waals surface area contributed by atoms with Gasteiger partial charge in [0.1, 0.15) is 17.9 Å². The molecule has 4 aromatic rings. The molecule has 240 valence electrons. The van der Waals surface area contributed by atoms with E-state index in [1.165, 1.54) is 35.2 Å². The minimum absolute atomic E-state index is 0.0166. The highest BCUT2D eigenvalue weighted by molar-refractivity contribution is 5.92. The first-order chi connectivity index (χ1) is 22.0. The van der Waals surface area contributed by atoms with Crippen LogP contribution in [0.1, 0.15) is 25.1 Å². The third kappa shape index (κ3) is 5.62. The van der Waals surface area contributed by atoms with Gasteiger partial charge in [0.05, 0.1) is 24.2 Å². The second-order valence-electron chi connectivity index (χ2n) is 11.2. The summed E-state index contributed by atoms with van der Waals surface area (Å²) >= 11 is 0. The van der Waals surface area contributed by atoms with Crippen molar-refractivity contribution in [2.45, 2.75) is 37.5 Å². The Hall–Kier alpha value is -5.04. The minimum Gasteiger partial charge on any atom is -0.465 e. The summed E-state index contributed by atoms with van der Waals surface area (Å²) in [4.78, 5) is 43.1. The van der Waals surface area contributed by atoms with Gasteiger partial charge in [-0.3, -0.25) is 9.36 Å². The molecule has 2 aromatic carbocycles. The summed E-state index contributed by atoms with van der Waals surface area (Å²) < 4.78 is 65.5. The lowest BCUT2D eigenvalue weighted by Crippen LogP contribution is -2.55. The number of nitrogens with zero attached hydrogens (tertiary/aromatic N) is 8. The first kappa shape index (κ1) is 31.0. The van der Waals surface area contributed by atoms with Crippen molar-refractivity contribution in [3.05, 3.63) is 58.4 Å². The number of anilines is 1. The third-order valence-electron chi connectivity index (χ3n) is 8.44. The normalized spacial score (nSPS) is 19.1. The van der Waals surface area contributed by atoms with Crippen LogP contribution in [0, 0.1) is 17.1 Å². The van der Waals surface area contributed by atoms with E-state index >= 15 is 4.39 Å². The molecule has 4 heterocycles. The maximum absolute atomic E-state index is 15.1. The number of fused-ring (bicyclic) bond motifs is 2. The maximum Gasteiger partial charge on any atom is 0.450 e. The summed E-state index contributed by atoms with van der Waals surface area (Å²) in [7, 11) is 1.93. The van der Waals surface area contributed by atoms with E-state index in [1.807, 2.05) is 13.1 Å². The van der Waals surface area contributed by atoms with Crippen LogP contribution in [0.25, 0.3) is 27.5 Å². The van der Waals surface area contributed by atoms with Gasteiger partial charge in [-0.1, -0.05) is 24.3 Å². The summed E-state index contributed by atoms with van der Waals surface area (Å²) in [6.07, 6.45) is -4.84. The second-order valence-corrected chi connectivity index (χ2v) is 11.2. The Labute approximate surface area is 259 Å². The highest BCUT2D eigenvalue weighted by atomic mass is 19.4. The van der Waals surface area contributed by atoms with Gasteiger partial charge >= 0.3 is 18.3 Å². The fourth-order valence-electron chi connectivity index (χ4n) is 6.13. The van der Waals surface area contributed by atoms with E-state index in [4.69, 9.17) is 4.74 Å². The van der Waals surface area contributed by atoms with E-state index in [1.54, 1.807) is 0 Å². The van der Waals surface area contributed by atoms with Crippen LogP contribution in [-0.2, 0) is 6.18 Å². The van der Waals surface area contributed by atoms with Crippen LogP contribution in [0.5, 0.6) is 6.01 Å². The minimum atomic E-state index is -5.17. The first-order valence-corrected chi connectivity index (χ1v) is 14.5. The third-order valence-corrected chi connectivity index (χ3v) is 8.44. The van der Waals surface area contributed by atoms with Crippen molar-refractivity contribution in [1.29, 1.82) is 5.26 Å². The molecule has 1 N–H and O–H groups in total. The largest absolute Gasteiger partial charge is 0.465 e. The molecule has 0 saturated carbocycles. The number of likely N-dealkylation sites (tertiary alicyclic amines) is 1. The fraction of sp³-hybridized carbons (Fsp3) is 0.400. The Kier molecular flexibility index (Phi) is 8.11. The zero-order chi connectivity index (χ0) is 32.7. The molecule has 46 heavy (non-hydrogen) atoms. The van der Waals surface area contributed by atoms with Crippen molar-refractivity contribution in [2.24, 2.45) is 0 Å². The SMILES string of the molecule is CN1CCCC1COc1nc(N2CCN(C(=O)O)C(CC#N)C2)c2nc(C(F)(F)F)n(-c3cccc4cccc(F)c34)c(=O)c2n1. The Morgan fingerprint density at radius 1 is 1.09 bits per heavy atom. The molecule has 2 aromatic heterocycles. The van der Waals surface area contributed by atoms with E-state index in [9.17, 15) is 33.1 Å². The standard InChI is InChI=1S/C30H28F4N8O4/c1-39-12-4-7-19(39)16-46-28-37-24-23(25(38-28)40-13-14-41(29(44)45)18(15-40)10-11-35)36-27(30(32,33)34)42(26(24)43)21-9-3-6-17-5-2-8-20(31)22(17)21/h2-3,5-6,8-9,18-19H,4,7,10,12-16H2,1H3,(H,44,45). The van der Waals surface area contributed by atoms with Crippen LogP contribution >= 0.6 is 0 Å². The van der Waals surface area contributed by atoms with Crippen LogP contribution in [0.2, 0.25) is 0 Å². The van der Waals surface area contributed by atoms with Crippen LogP contribution in [0.3, 0.4) is 0 Å². The van der Waals surface area contributed by atoms with Crippen molar-refractivity contribution in [3.63, 3.8) is 0 Å². The topological polar surface area (TPSA) is 141 Å². The number of piperazine rings is 1. The summed E-state index contributed by atoms with van der Waals surface area (Å²) in [5, 5.41) is 19.0. The van der Waals surface area contributed by atoms with Crippen LogP contribution < -0.4 is 15.2 Å². The summed E-state index contributed by atoms with van der Waals surface area (Å²) in [6, 6.07) is 8.95. The average molecular weight is 641 g/mol. The van der Waals surface area contributed by atoms with Gasteiger partial charge in [0.2, 0.25) is 5.82 Å². The van der Waals surface area contributed by atoms with E-state index in [0.717, 1.165) is 30.4 Å². The number of halogens is 4. The van der Waals surface area contributed by atoms with Gasteiger partial charge in [-0.2, -0.15) is 28.4 Å². The molecule has 1 amide bonds. The lowest BCUT2D eigenvalue weighted by Gasteiger charge is -2.39. The number of hydrogen-bond acceptors (Lipinski definition) is 9. The molecule has 6 rings (SSSR count). The molecule has 12 nitrogen and oxygen atoms in total. The van der Waals surface area contributed by atoms with Crippen LogP contribution in [0.15, 0.2) is 41.2 Å². The van der Waals surface area contributed by atoms with Crippen molar-refractivity contribution in [2.75, 3.05) is 44.7 Å². The Bertz CT molecular complexity index is 1920. The molecular weight excluding hydrogens is 612 g/mol. The number of benzene rings is 2. The van der Waals surface area contributed by atoms with Crippen molar-refractivity contribution < 1.29 is 32.2 Å². The molecule has 2 saturated heterocycles. The number of rotatable bonds is 6. The van der Waals surface area contributed by atoms with Crippen molar-refractivity contribution in [3.8, 4) is 17.8 Å². The van der Waals surface area contributed by atoms with E-state index in [-0.39, 0.29) is 67.0 Å². The number of aromatic nitrogens is 4. The number of alkyl halides is 3. The monoisotopic (exact) mass is 640 g/mol. The molecule has 2 atom stereocenters. The predicted molar refractivity (Wildman–Crippen MR) is 158 cm³/mol. The molecule has 0 spiro atoms. The van der Waals surface area contributed by atoms with Gasteiger partial charge in [0, 0.05) is 31.1 Å². The predicted octanol–water partition coefficient (Wildman–Crippen LogP) is 4.04. The molecule has 0 radical (unpaired) electrons. The number of nitriles is 1. The molecule has 0 aliphatic carbocycles. The molecular formula is C30H28F4N8O4. The second kappa shape index (κ2) is 12.0. The molecule has 2 aliphatic rings. The Morgan fingerprint density at radius 3 is 2.52 bits per heavy atom. The van der Waals surface area contributed by atoms with Crippen molar-refractivity contribution in [1.82, 2.24) is 29.3 Å². The zero-order valence-corrected chi connectivity index (χ0v) is 24.5. The smallest absolute Gasteiger partial charge is 0.450 e. The number of hydrogen-bond donors (Lipinski definition) is 1. The molecule has 2 aliphatic heterocycles. The average Bonchev–Trinajstić information content (AvgIpc) is 3.43. The number of carbonyl (C=O) groups is 1. The van der Waals surface area contributed by atoms with Crippen LogP contribution in [0.4, 0.5) is 28.2 Å². The van der Waals surface area contributed by atoms with Crippen LogP contribution in [-0.4, -0.2) is 92.4 Å². The van der Waals surface area contributed by atoms with Gasteiger partial charge in [0.25, 0.3) is 5.56 Å². The molecule has 2 unspecified atom stereocenters. The van der Waals surface area contributed by atoms with E-state index in [2.05, 4.69) is 19.9 Å². The van der Waals surface area contributed by atoms with E-state index in [0.29, 0.717) is 4.57 Å². The van der Waals surface area contributed by atoms with Gasteiger partial charge in [-0.15, -0.1) is 0 Å². The van der Waals surface area contributed by atoms with Gasteiger partial charge in [0.15, 0.2) is 11.3 Å². The zero-order valence-electron chi connectivity index (χ0n) is 24.5. The Balaban J connectivity index is 1.58. The summed E-state index contributed by atoms with van der Waals surface area (Å²) in [5.74, 6) is -2.63. The number of likely N-dealkylation sites (N-methyl/N-ethyl adjacent to an activating group) is 1. The number of carboxylic acid groups (broad SMARTS) is 1. The van der Waals surface area contributed by atoms with Crippen molar-refractivity contribution >= 4 is 33.7 Å². The summed E-state index contributed by atoms with van der Waals surface area (Å²) in [6.45, 7) is 0.766. The molecule has 16 heteroatoms. The molecule has 0 bridgehead atoms. The quantitative estimate of drug-likeness (QED) is 0.307. The lowest BCUT2D eigenvalue weighted by molar-refractivity contribution is -0.146. The summed E-state index contributed by atoms with van der Waals surface area (Å²) in [5.41, 5.74) is -2.59. The molecule has 2 fully saturated rings. The van der Waals surface area contributed by atoms with Gasteiger partial charge in [-0.05, 0) is 44.0 Å². The maximum atomic E-state index is 15.1. The highest BCUT2D eigenvalue weighted by Gasteiger charge is 2.40. The number of amides is 1. The lowest BCUT2D eigenvalue weighted by atomic mass is 10.1. The number of ether oxygens (including phenoxy) is 1. The van der Waals surface area contributed by atoms with Gasteiger partial charge in [-0.25, -0.2) is 14.2 Å². The van der Waals surface area contributed by atoms with Gasteiger partial charge < -0.3 is 24.5 Å².